The lowest BCUT2D eigenvalue weighted by Gasteiger charge is -2.02. The lowest BCUT2D eigenvalue weighted by molar-refractivity contribution is 0.275. The highest BCUT2D eigenvalue weighted by Gasteiger charge is 2.14. The van der Waals surface area contributed by atoms with E-state index in [0.717, 1.165) is 0 Å². The van der Waals surface area contributed by atoms with Gasteiger partial charge < -0.3 is 21.6 Å². The standard InChI is InChI=1S/C8H12ClN5O2/c1-4(9)5-6(13-7(10)11)14(2-3-15)8(16)12-5/h15H,1-3H2,(H,12,16)(H4,10,11,13). The van der Waals surface area contributed by atoms with Crippen molar-refractivity contribution >= 4 is 28.4 Å². The van der Waals surface area contributed by atoms with Gasteiger partial charge in [-0.05, 0) is 0 Å². The predicted octanol–water partition coefficient (Wildman–Crippen LogP) is -0.717. The highest BCUT2D eigenvalue weighted by molar-refractivity contribution is 6.48. The van der Waals surface area contributed by atoms with Crippen molar-refractivity contribution in [2.75, 3.05) is 6.61 Å². The Bertz CT molecular complexity index is 483. The number of H-pyrrole nitrogens is 1. The van der Waals surface area contributed by atoms with Crippen LogP contribution in [0.1, 0.15) is 5.69 Å². The van der Waals surface area contributed by atoms with Crippen molar-refractivity contribution < 1.29 is 5.11 Å². The number of nitrogens with one attached hydrogen (secondary N) is 1. The molecule has 88 valence electrons. The molecule has 0 aromatic carbocycles. The molecule has 0 amide bonds. The number of aromatic nitrogens is 2. The van der Waals surface area contributed by atoms with Gasteiger partial charge in [0.15, 0.2) is 11.8 Å². The number of nitrogens with zero attached hydrogens (tertiary/aromatic N) is 2. The molecule has 1 aromatic rings. The molecule has 6 N–H and O–H groups in total. The van der Waals surface area contributed by atoms with E-state index in [9.17, 15) is 4.79 Å². The third kappa shape index (κ3) is 2.44. The zero-order valence-corrected chi connectivity index (χ0v) is 9.16. The first kappa shape index (κ1) is 12.3. The van der Waals surface area contributed by atoms with Crippen LogP contribution in [0.3, 0.4) is 0 Å². The van der Waals surface area contributed by atoms with Crippen molar-refractivity contribution in [1.29, 1.82) is 0 Å². The normalized spacial score (nSPS) is 10.1. The smallest absolute Gasteiger partial charge is 0.327 e. The first-order valence-corrected chi connectivity index (χ1v) is 4.73. The van der Waals surface area contributed by atoms with Gasteiger partial charge >= 0.3 is 5.69 Å². The Labute approximate surface area is 96.0 Å². The first-order valence-electron chi connectivity index (χ1n) is 4.35. The summed E-state index contributed by atoms with van der Waals surface area (Å²) in [6.45, 7) is 3.31. The summed E-state index contributed by atoms with van der Waals surface area (Å²) in [7, 11) is 0. The second-order valence-corrected chi connectivity index (χ2v) is 3.40. The van der Waals surface area contributed by atoms with Crippen molar-refractivity contribution in [3.8, 4) is 0 Å². The van der Waals surface area contributed by atoms with Crippen LogP contribution in [-0.2, 0) is 6.54 Å². The van der Waals surface area contributed by atoms with Crippen LogP contribution in [0.25, 0.3) is 5.03 Å². The van der Waals surface area contributed by atoms with Crippen LogP contribution in [0.5, 0.6) is 0 Å². The SMILES string of the molecule is C=C(Cl)c1[nH]c(=O)n(CCO)c1N=C(N)N. The average Bonchev–Trinajstić information content (AvgIpc) is 2.46. The highest BCUT2D eigenvalue weighted by atomic mass is 35.5. The largest absolute Gasteiger partial charge is 0.395 e. The van der Waals surface area contributed by atoms with Crippen LogP contribution < -0.4 is 17.2 Å². The van der Waals surface area contributed by atoms with E-state index in [1.54, 1.807) is 0 Å². The van der Waals surface area contributed by atoms with Gasteiger partial charge in [0.25, 0.3) is 0 Å². The third-order valence-corrected chi connectivity index (χ3v) is 1.98. The number of hydrogen-bond donors (Lipinski definition) is 4. The number of hydrogen-bond acceptors (Lipinski definition) is 3. The molecule has 0 spiro atoms. The molecule has 0 bridgehead atoms. The Kier molecular flexibility index (Phi) is 3.75. The van der Waals surface area contributed by atoms with Crippen molar-refractivity contribution in [3.05, 3.63) is 22.8 Å². The Balaban J connectivity index is 3.43. The van der Waals surface area contributed by atoms with E-state index < -0.39 is 5.69 Å². The summed E-state index contributed by atoms with van der Waals surface area (Å²) in [5.74, 6) is -0.0658. The summed E-state index contributed by atoms with van der Waals surface area (Å²) < 4.78 is 1.17. The average molecular weight is 246 g/mol. The number of aliphatic hydroxyl groups excluding tert-OH is 1. The minimum atomic E-state index is -0.467. The lowest BCUT2D eigenvalue weighted by Crippen LogP contribution is -2.23. The second-order valence-electron chi connectivity index (χ2n) is 2.95. The molecule has 0 unspecified atom stereocenters. The number of halogens is 1. The minimum Gasteiger partial charge on any atom is -0.395 e. The quantitative estimate of drug-likeness (QED) is 0.413. The molecule has 0 saturated heterocycles. The maximum absolute atomic E-state index is 11.5. The van der Waals surface area contributed by atoms with Crippen LogP contribution in [0.2, 0.25) is 0 Å². The number of aromatic amines is 1. The molecular formula is C8H12ClN5O2. The molecule has 1 heterocycles. The highest BCUT2D eigenvalue weighted by Crippen LogP contribution is 2.24. The van der Waals surface area contributed by atoms with Gasteiger partial charge in [-0.3, -0.25) is 4.57 Å². The third-order valence-electron chi connectivity index (χ3n) is 1.79. The van der Waals surface area contributed by atoms with E-state index in [0.29, 0.717) is 0 Å². The molecule has 0 atom stereocenters. The maximum Gasteiger partial charge on any atom is 0.327 e. The van der Waals surface area contributed by atoms with Gasteiger partial charge in [-0.15, -0.1) is 0 Å². The zero-order valence-electron chi connectivity index (χ0n) is 8.40. The zero-order chi connectivity index (χ0) is 12.3. The van der Waals surface area contributed by atoms with Gasteiger partial charge in [0.2, 0.25) is 0 Å². The van der Waals surface area contributed by atoms with Gasteiger partial charge in [-0.2, -0.15) is 4.99 Å². The monoisotopic (exact) mass is 245 g/mol. The fourth-order valence-corrected chi connectivity index (χ4v) is 1.33. The molecule has 0 fully saturated rings. The Morgan fingerprint density at radius 1 is 1.62 bits per heavy atom. The summed E-state index contributed by atoms with van der Waals surface area (Å²) in [5, 5.41) is 8.92. The molecule has 1 aromatic heterocycles. The summed E-state index contributed by atoms with van der Waals surface area (Å²) in [4.78, 5) is 17.7. The number of nitrogens with two attached hydrogens (primary N) is 2. The van der Waals surface area contributed by atoms with Crippen LogP contribution in [-0.4, -0.2) is 27.2 Å². The van der Waals surface area contributed by atoms with Crippen LogP contribution in [0.4, 0.5) is 5.82 Å². The number of aliphatic hydroxyl groups is 1. The molecule has 8 heteroatoms. The van der Waals surface area contributed by atoms with E-state index >= 15 is 0 Å². The number of aliphatic imine (C=N–C) groups is 1. The van der Waals surface area contributed by atoms with Crippen LogP contribution in [0, 0.1) is 0 Å². The van der Waals surface area contributed by atoms with Gasteiger partial charge in [0, 0.05) is 0 Å². The molecule has 0 aliphatic rings. The maximum atomic E-state index is 11.5. The van der Waals surface area contributed by atoms with E-state index in [4.69, 9.17) is 28.2 Å². The van der Waals surface area contributed by atoms with Crippen molar-refractivity contribution in [2.45, 2.75) is 6.54 Å². The van der Waals surface area contributed by atoms with Crippen LogP contribution >= 0.6 is 11.6 Å². The topological polar surface area (TPSA) is 122 Å². The van der Waals surface area contributed by atoms with Gasteiger partial charge in [0.1, 0.15) is 5.69 Å². The van der Waals surface area contributed by atoms with E-state index in [1.807, 2.05) is 0 Å². The van der Waals surface area contributed by atoms with E-state index in [-0.39, 0.29) is 35.7 Å². The molecule has 7 nitrogen and oxygen atoms in total. The fraction of sp³-hybridized carbons (Fsp3) is 0.250. The molecule has 0 saturated carbocycles. The fourth-order valence-electron chi connectivity index (χ4n) is 1.20. The molecule has 0 radical (unpaired) electrons. The molecular weight excluding hydrogens is 234 g/mol. The molecule has 0 aliphatic heterocycles. The number of imidazole rings is 1. The Hall–Kier alpha value is -1.73. The molecule has 0 aliphatic carbocycles. The summed E-state index contributed by atoms with van der Waals surface area (Å²) in [5.41, 5.74) is 10.2. The second kappa shape index (κ2) is 4.86. The minimum absolute atomic E-state index is 0.0611. The summed E-state index contributed by atoms with van der Waals surface area (Å²) in [6.07, 6.45) is 0. The van der Waals surface area contributed by atoms with E-state index in [1.165, 1.54) is 4.57 Å². The summed E-state index contributed by atoms with van der Waals surface area (Å²) in [6, 6.07) is 0. The summed E-state index contributed by atoms with van der Waals surface area (Å²) >= 11 is 5.69. The van der Waals surface area contributed by atoms with Gasteiger partial charge in [0.05, 0.1) is 18.2 Å². The van der Waals surface area contributed by atoms with Gasteiger partial charge in [-0.25, -0.2) is 4.79 Å². The van der Waals surface area contributed by atoms with Crippen molar-refractivity contribution in [3.63, 3.8) is 0 Å². The van der Waals surface area contributed by atoms with Crippen LogP contribution in [0.15, 0.2) is 16.4 Å². The lowest BCUT2D eigenvalue weighted by atomic mass is 10.4. The number of guanidine groups is 1. The first-order chi connectivity index (χ1) is 7.47. The van der Waals surface area contributed by atoms with Gasteiger partial charge in [-0.1, -0.05) is 18.2 Å². The van der Waals surface area contributed by atoms with Crippen molar-refractivity contribution in [2.24, 2.45) is 16.5 Å². The molecule has 16 heavy (non-hydrogen) atoms. The molecule has 1 rings (SSSR count). The predicted molar refractivity (Wildman–Crippen MR) is 62.5 cm³/mol. The Morgan fingerprint density at radius 2 is 2.25 bits per heavy atom. The Morgan fingerprint density at radius 3 is 2.69 bits per heavy atom. The van der Waals surface area contributed by atoms with Crippen molar-refractivity contribution in [1.82, 2.24) is 9.55 Å². The van der Waals surface area contributed by atoms with E-state index in [2.05, 4.69) is 16.6 Å². The number of rotatable bonds is 4.